The molecule has 0 saturated heterocycles. The van der Waals surface area contributed by atoms with Crippen molar-refractivity contribution in [2.24, 2.45) is 0 Å². The Hall–Kier alpha value is -2.15. The van der Waals surface area contributed by atoms with Gasteiger partial charge in [0.2, 0.25) is 0 Å². The van der Waals surface area contributed by atoms with Crippen LogP contribution in [0.5, 0.6) is 0 Å². The number of fused-ring (bicyclic) bond motifs is 6. The molecule has 3 aromatic rings. The maximum absolute atomic E-state index is 5.02. The zero-order valence-electron chi connectivity index (χ0n) is 11.9. The van der Waals surface area contributed by atoms with Crippen molar-refractivity contribution >= 4 is 10.9 Å². The van der Waals surface area contributed by atoms with Gasteiger partial charge in [0, 0.05) is 17.0 Å². The van der Waals surface area contributed by atoms with Crippen LogP contribution in [0.1, 0.15) is 42.4 Å². The molecule has 21 heavy (non-hydrogen) atoms. The SMILES string of the molecule is c1ccc(-c2c3c(nc4ccccc24)C2CCC3C2)cc1. The third-order valence-corrected chi connectivity index (χ3v) is 5.25. The van der Waals surface area contributed by atoms with Crippen LogP contribution in [0.15, 0.2) is 54.6 Å². The third kappa shape index (κ3) is 1.55. The highest BCUT2D eigenvalue weighted by Crippen LogP contribution is 2.56. The Morgan fingerprint density at radius 2 is 1.57 bits per heavy atom. The van der Waals surface area contributed by atoms with Gasteiger partial charge in [0.15, 0.2) is 0 Å². The average molecular weight is 271 g/mol. The Labute approximate surface area is 124 Å². The summed E-state index contributed by atoms with van der Waals surface area (Å²) in [7, 11) is 0. The summed E-state index contributed by atoms with van der Waals surface area (Å²) in [5.74, 6) is 1.44. The van der Waals surface area contributed by atoms with E-state index in [1.54, 1.807) is 5.56 Å². The highest BCUT2D eigenvalue weighted by Gasteiger charge is 2.40. The van der Waals surface area contributed by atoms with Crippen LogP contribution >= 0.6 is 0 Å². The summed E-state index contributed by atoms with van der Waals surface area (Å²) in [6.45, 7) is 0. The van der Waals surface area contributed by atoms with Gasteiger partial charge in [0.1, 0.15) is 0 Å². The van der Waals surface area contributed by atoms with E-state index in [9.17, 15) is 0 Å². The normalized spacial score (nSPS) is 22.7. The van der Waals surface area contributed by atoms with Gasteiger partial charge in [0.25, 0.3) is 0 Å². The summed E-state index contributed by atoms with van der Waals surface area (Å²) in [4.78, 5) is 5.02. The first-order chi connectivity index (χ1) is 10.4. The fourth-order valence-electron chi connectivity index (χ4n) is 4.38. The second-order valence-corrected chi connectivity index (χ2v) is 6.38. The number of hydrogen-bond acceptors (Lipinski definition) is 1. The van der Waals surface area contributed by atoms with Gasteiger partial charge >= 0.3 is 0 Å². The molecule has 1 saturated carbocycles. The molecule has 1 heteroatoms. The molecule has 0 spiro atoms. The zero-order chi connectivity index (χ0) is 13.8. The van der Waals surface area contributed by atoms with Crippen molar-refractivity contribution in [3.63, 3.8) is 0 Å². The average Bonchev–Trinajstić information content (AvgIpc) is 3.15. The Balaban J connectivity index is 1.93. The van der Waals surface area contributed by atoms with Crippen LogP contribution < -0.4 is 0 Å². The molecule has 5 rings (SSSR count). The molecule has 2 bridgehead atoms. The minimum absolute atomic E-state index is 0.706. The first kappa shape index (κ1) is 11.5. The molecule has 2 atom stereocenters. The Kier molecular flexibility index (Phi) is 2.29. The van der Waals surface area contributed by atoms with Gasteiger partial charge in [0.05, 0.1) is 5.52 Å². The number of benzene rings is 2. The molecule has 2 aromatic carbocycles. The number of pyridine rings is 1. The first-order valence-corrected chi connectivity index (χ1v) is 7.90. The van der Waals surface area contributed by atoms with E-state index < -0.39 is 0 Å². The first-order valence-electron chi connectivity index (χ1n) is 7.90. The minimum Gasteiger partial charge on any atom is -0.252 e. The maximum Gasteiger partial charge on any atom is 0.0711 e. The molecule has 0 N–H and O–H groups in total. The van der Waals surface area contributed by atoms with E-state index in [0.29, 0.717) is 5.92 Å². The smallest absolute Gasteiger partial charge is 0.0711 e. The summed E-state index contributed by atoms with van der Waals surface area (Å²) in [6.07, 6.45) is 3.99. The molecular formula is C20H17N. The number of para-hydroxylation sites is 1. The van der Waals surface area contributed by atoms with E-state index >= 15 is 0 Å². The Morgan fingerprint density at radius 3 is 2.48 bits per heavy atom. The van der Waals surface area contributed by atoms with Gasteiger partial charge in [-0.2, -0.15) is 0 Å². The van der Waals surface area contributed by atoms with Gasteiger partial charge < -0.3 is 0 Å². The number of nitrogens with zero attached hydrogens (tertiary/aromatic N) is 1. The number of hydrogen-bond donors (Lipinski definition) is 0. The van der Waals surface area contributed by atoms with Crippen molar-refractivity contribution in [3.8, 4) is 11.1 Å². The predicted octanol–water partition coefficient (Wildman–Crippen LogP) is 5.27. The minimum atomic E-state index is 0.706. The van der Waals surface area contributed by atoms with E-state index in [2.05, 4.69) is 54.6 Å². The van der Waals surface area contributed by atoms with E-state index in [0.717, 1.165) is 11.4 Å². The van der Waals surface area contributed by atoms with Crippen molar-refractivity contribution in [2.45, 2.75) is 31.1 Å². The van der Waals surface area contributed by atoms with Gasteiger partial charge in [-0.1, -0.05) is 48.5 Å². The van der Waals surface area contributed by atoms with Crippen LogP contribution in [0.3, 0.4) is 0 Å². The molecule has 0 amide bonds. The maximum atomic E-state index is 5.02. The van der Waals surface area contributed by atoms with Crippen molar-refractivity contribution in [1.82, 2.24) is 4.98 Å². The molecule has 0 radical (unpaired) electrons. The standard InChI is InChI=1S/C20H17N/c1-2-6-13(7-3-1)18-16-8-4-5-9-17(16)21-20-15-11-10-14(12-15)19(18)20/h1-9,14-15H,10-12H2. The molecule has 2 aliphatic carbocycles. The lowest BCUT2D eigenvalue weighted by Gasteiger charge is -2.20. The summed E-state index contributed by atoms with van der Waals surface area (Å²) >= 11 is 0. The van der Waals surface area contributed by atoms with Crippen molar-refractivity contribution in [3.05, 3.63) is 65.9 Å². The highest BCUT2D eigenvalue weighted by atomic mass is 14.7. The van der Waals surface area contributed by atoms with Crippen LogP contribution in [-0.4, -0.2) is 4.98 Å². The zero-order valence-corrected chi connectivity index (χ0v) is 11.9. The second-order valence-electron chi connectivity index (χ2n) is 6.38. The largest absolute Gasteiger partial charge is 0.252 e. The van der Waals surface area contributed by atoms with Crippen LogP contribution in [-0.2, 0) is 0 Å². The van der Waals surface area contributed by atoms with Crippen molar-refractivity contribution in [2.75, 3.05) is 0 Å². The van der Waals surface area contributed by atoms with E-state index in [1.807, 2.05) is 0 Å². The van der Waals surface area contributed by atoms with E-state index in [-0.39, 0.29) is 0 Å². The monoisotopic (exact) mass is 271 g/mol. The fourth-order valence-corrected chi connectivity index (χ4v) is 4.38. The Bertz CT molecular complexity index is 835. The molecule has 1 heterocycles. The van der Waals surface area contributed by atoms with Gasteiger partial charge in [-0.3, -0.25) is 4.98 Å². The molecule has 1 fully saturated rings. The van der Waals surface area contributed by atoms with Gasteiger partial charge in [-0.25, -0.2) is 0 Å². The summed E-state index contributed by atoms with van der Waals surface area (Å²) in [5, 5.41) is 1.31. The topological polar surface area (TPSA) is 12.9 Å². The summed E-state index contributed by atoms with van der Waals surface area (Å²) in [6, 6.07) is 19.5. The lowest BCUT2D eigenvalue weighted by atomic mass is 9.86. The van der Waals surface area contributed by atoms with Crippen LogP contribution in [0, 0.1) is 0 Å². The molecule has 2 unspecified atom stereocenters. The molecule has 1 aromatic heterocycles. The third-order valence-electron chi connectivity index (χ3n) is 5.25. The number of rotatable bonds is 1. The number of aromatic nitrogens is 1. The van der Waals surface area contributed by atoms with Crippen LogP contribution in [0.25, 0.3) is 22.0 Å². The van der Waals surface area contributed by atoms with Crippen LogP contribution in [0.4, 0.5) is 0 Å². The van der Waals surface area contributed by atoms with Crippen molar-refractivity contribution in [1.29, 1.82) is 0 Å². The van der Waals surface area contributed by atoms with Gasteiger partial charge in [-0.05, 0) is 47.9 Å². The van der Waals surface area contributed by atoms with Crippen molar-refractivity contribution < 1.29 is 0 Å². The lowest BCUT2D eigenvalue weighted by Crippen LogP contribution is -2.04. The molecule has 1 nitrogen and oxygen atoms in total. The van der Waals surface area contributed by atoms with E-state index in [4.69, 9.17) is 4.98 Å². The molecule has 2 aliphatic rings. The molecule has 0 aliphatic heterocycles. The highest BCUT2D eigenvalue weighted by molar-refractivity contribution is 5.97. The predicted molar refractivity (Wildman–Crippen MR) is 86.5 cm³/mol. The quantitative estimate of drug-likeness (QED) is 0.587. The Morgan fingerprint density at radius 1 is 0.810 bits per heavy atom. The lowest BCUT2D eigenvalue weighted by molar-refractivity contribution is 0.702. The van der Waals surface area contributed by atoms with Crippen LogP contribution in [0.2, 0.25) is 0 Å². The summed E-state index contributed by atoms with van der Waals surface area (Å²) in [5.41, 5.74) is 6.89. The fraction of sp³-hybridized carbons (Fsp3) is 0.250. The molecular weight excluding hydrogens is 254 g/mol. The molecule has 102 valence electrons. The summed E-state index contributed by atoms with van der Waals surface area (Å²) < 4.78 is 0. The van der Waals surface area contributed by atoms with Gasteiger partial charge in [-0.15, -0.1) is 0 Å². The van der Waals surface area contributed by atoms with E-state index in [1.165, 1.54) is 41.5 Å². The second kappa shape index (κ2) is 4.17.